The number of allylic oxidation sites excluding steroid dienone is 2. The molecule has 4 rings (SSSR count). The number of pyridine rings is 1. The largest absolute Gasteiger partial charge is 0.497 e. The molecule has 2 aliphatic heterocycles. The zero-order chi connectivity index (χ0) is 19.5. The number of rotatable bonds is 5. The summed E-state index contributed by atoms with van der Waals surface area (Å²) in [5.74, 6) is 1.65. The quantitative estimate of drug-likeness (QED) is 0.692. The summed E-state index contributed by atoms with van der Waals surface area (Å²) in [6.45, 7) is 2.63. The number of benzene rings is 1. The Balaban J connectivity index is 1.77. The lowest BCUT2D eigenvalue weighted by atomic mass is 10.1. The second-order valence-electron chi connectivity index (χ2n) is 6.43. The molecule has 0 bridgehead atoms. The monoisotopic (exact) mass is 390 g/mol. The Bertz CT molecular complexity index is 1030. The van der Waals surface area contributed by atoms with E-state index in [1.807, 2.05) is 73.9 Å². The maximum absolute atomic E-state index is 6.31. The minimum Gasteiger partial charge on any atom is -0.497 e. The average Bonchev–Trinajstić information content (AvgIpc) is 2.72. The first-order chi connectivity index (χ1) is 13.6. The maximum atomic E-state index is 6.31. The zero-order valence-electron chi connectivity index (χ0n) is 15.6. The van der Waals surface area contributed by atoms with Crippen LogP contribution in [0.5, 0.6) is 5.75 Å². The van der Waals surface area contributed by atoms with E-state index in [0.717, 1.165) is 34.1 Å². The van der Waals surface area contributed by atoms with Crippen molar-refractivity contribution in [2.24, 2.45) is 5.10 Å². The fourth-order valence-corrected chi connectivity index (χ4v) is 3.19. The van der Waals surface area contributed by atoms with Gasteiger partial charge in [-0.15, -0.1) is 0 Å². The molecule has 0 fully saturated rings. The molecular weight excluding hydrogens is 372 g/mol. The Hall–Kier alpha value is -3.27. The summed E-state index contributed by atoms with van der Waals surface area (Å²) in [5.41, 5.74) is 7.19. The Labute approximate surface area is 169 Å². The Morgan fingerprint density at radius 2 is 2.00 bits per heavy atom. The minimum absolute atomic E-state index is 0.402. The van der Waals surface area contributed by atoms with Crippen LogP contribution in [0.3, 0.4) is 0 Å². The van der Waals surface area contributed by atoms with Crippen molar-refractivity contribution >= 4 is 22.6 Å². The van der Waals surface area contributed by atoms with Crippen LogP contribution in [-0.2, 0) is 6.54 Å². The third-order valence-electron chi connectivity index (χ3n) is 4.44. The molecule has 0 spiro atoms. The number of nitrogens with zero attached hydrogens (tertiary/aromatic N) is 4. The molecule has 1 aromatic carbocycles. The molecule has 0 atom stereocenters. The molecule has 5 nitrogen and oxygen atoms in total. The average molecular weight is 391 g/mol. The lowest BCUT2D eigenvalue weighted by Gasteiger charge is -2.32. The standard InChI is InChI=1S/C22H19ClN4O/c1-16-6-11-22(24-14-16)26(15-17-7-9-18(28-2)10-8-17)20-13-21(23)25-27-12-4-3-5-19(20)27/h3-4,6-14H,15H2,1-2H3. The van der Waals surface area contributed by atoms with Crippen molar-refractivity contribution in [1.82, 2.24) is 9.99 Å². The van der Waals surface area contributed by atoms with Gasteiger partial charge in [-0.1, -0.05) is 35.5 Å². The molecule has 2 aromatic rings. The molecule has 6 heteroatoms. The predicted molar refractivity (Wildman–Crippen MR) is 112 cm³/mol. The smallest absolute Gasteiger partial charge is 0.152 e. The number of aromatic nitrogens is 1. The third-order valence-corrected chi connectivity index (χ3v) is 4.62. The molecule has 0 aliphatic carbocycles. The van der Waals surface area contributed by atoms with Crippen molar-refractivity contribution in [3.8, 4) is 5.75 Å². The first-order valence-corrected chi connectivity index (χ1v) is 9.24. The van der Waals surface area contributed by atoms with E-state index in [9.17, 15) is 0 Å². The highest BCUT2D eigenvalue weighted by molar-refractivity contribution is 6.68. The van der Waals surface area contributed by atoms with Crippen LogP contribution in [-0.4, -0.2) is 22.3 Å². The molecule has 0 saturated carbocycles. The van der Waals surface area contributed by atoms with E-state index >= 15 is 0 Å². The van der Waals surface area contributed by atoms with E-state index in [1.54, 1.807) is 12.1 Å². The van der Waals surface area contributed by atoms with E-state index < -0.39 is 0 Å². The number of hydrogen-bond acceptors (Lipinski definition) is 5. The normalized spacial score (nSPS) is 14.8. The van der Waals surface area contributed by atoms with Gasteiger partial charge in [-0.3, -0.25) is 0 Å². The Kier molecular flexibility index (Phi) is 5.02. The molecule has 0 amide bonds. The molecule has 0 unspecified atom stereocenters. The summed E-state index contributed by atoms with van der Waals surface area (Å²) in [6, 6.07) is 12.0. The number of hydrazone groups is 1. The molecule has 140 valence electrons. The topological polar surface area (TPSA) is 41.0 Å². The van der Waals surface area contributed by atoms with Gasteiger partial charge in [0.25, 0.3) is 0 Å². The Morgan fingerprint density at radius 3 is 2.71 bits per heavy atom. The summed E-state index contributed by atoms with van der Waals surface area (Å²) in [7, 11) is 1.66. The SMILES string of the molecule is COc1ccc(CN(C2=CC(Cl)=NN3C=CC=C=C23)c2ccc(C)cn2)cc1. The van der Waals surface area contributed by atoms with Crippen molar-refractivity contribution in [3.05, 3.63) is 95.3 Å². The van der Waals surface area contributed by atoms with Gasteiger partial charge in [-0.05, 0) is 48.4 Å². The number of halogens is 1. The summed E-state index contributed by atoms with van der Waals surface area (Å²) >= 11 is 6.31. The first-order valence-electron chi connectivity index (χ1n) is 8.86. The van der Waals surface area contributed by atoms with Gasteiger partial charge in [-0.2, -0.15) is 5.10 Å². The third kappa shape index (κ3) is 3.72. The minimum atomic E-state index is 0.402. The zero-order valence-corrected chi connectivity index (χ0v) is 16.4. The molecule has 28 heavy (non-hydrogen) atoms. The van der Waals surface area contributed by atoms with Gasteiger partial charge in [0.05, 0.1) is 12.8 Å². The van der Waals surface area contributed by atoms with Crippen molar-refractivity contribution in [2.45, 2.75) is 13.5 Å². The van der Waals surface area contributed by atoms with Crippen molar-refractivity contribution in [3.63, 3.8) is 0 Å². The summed E-state index contributed by atoms with van der Waals surface area (Å²) < 4.78 is 5.27. The van der Waals surface area contributed by atoms with Crippen LogP contribution >= 0.6 is 11.6 Å². The molecular formula is C22H19ClN4O. The number of aryl methyl sites for hydroxylation is 1. The van der Waals surface area contributed by atoms with Crippen LogP contribution in [0.25, 0.3) is 0 Å². The molecule has 0 radical (unpaired) electrons. The Morgan fingerprint density at radius 1 is 1.18 bits per heavy atom. The van der Waals surface area contributed by atoms with Crippen molar-refractivity contribution < 1.29 is 4.74 Å². The van der Waals surface area contributed by atoms with Gasteiger partial charge in [0.1, 0.15) is 17.3 Å². The van der Waals surface area contributed by atoms with Gasteiger partial charge < -0.3 is 9.64 Å². The van der Waals surface area contributed by atoms with Crippen LogP contribution in [0.4, 0.5) is 5.82 Å². The number of fused-ring (bicyclic) bond motifs is 1. The van der Waals surface area contributed by atoms with Crippen molar-refractivity contribution in [1.29, 1.82) is 0 Å². The number of methoxy groups -OCH3 is 1. The number of hydrogen-bond donors (Lipinski definition) is 0. The first kappa shape index (κ1) is 18.1. The van der Waals surface area contributed by atoms with E-state index in [2.05, 4.69) is 20.7 Å². The van der Waals surface area contributed by atoms with Crippen LogP contribution < -0.4 is 9.64 Å². The van der Waals surface area contributed by atoms with Crippen LogP contribution in [0, 0.1) is 6.92 Å². The summed E-state index contributed by atoms with van der Waals surface area (Å²) in [5, 5.41) is 6.47. The lowest BCUT2D eigenvalue weighted by molar-refractivity contribution is 0.414. The van der Waals surface area contributed by atoms with Gasteiger partial charge in [0, 0.05) is 25.0 Å². The second kappa shape index (κ2) is 7.77. The summed E-state index contributed by atoms with van der Waals surface area (Å²) in [4.78, 5) is 6.75. The highest BCUT2D eigenvalue weighted by Crippen LogP contribution is 2.31. The lowest BCUT2D eigenvalue weighted by Crippen LogP contribution is -2.31. The molecule has 1 aromatic heterocycles. The van der Waals surface area contributed by atoms with Crippen molar-refractivity contribution in [2.75, 3.05) is 12.0 Å². The predicted octanol–water partition coefficient (Wildman–Crippen LogP) is 4.72. The van der Waals surface area contributed by atoms with Gasteiger partial charge in [0.2, 0.25) is 0 Å². The van der Waals surface area contributed by atoms with Gasteiger partial charge in [0.15, 0.2) is 5.17 Å². The summed E-state index contributed by atoms with van der Waals surface area (Å²) in [6.07, 6.45) is 9.30. The molecule has 0 N–H and O–H groups in total. The van der Waals surface area contributed by atoms with E-state index in [0.29, 0.717) is 11.7 Å². The van der Waals surface area contributed by atoms with E-state index in [1.165, 1.54) is 0 Å². The van der Waals surface area contributed by atoms with E-state index in [-0.39, 0.29) is 0 Å². The molecule has 2 aliphatic rings. The molecule has 3 heterocycles. The number of anilines is 1. The van der Waals surface area contributed by atoms with Gasteiger partial charge in [-0.25, -0.2) is 9.99 Å². The second-order valence-corrected chi connectivity index (χ2v) is 6.81. The fourth-order valence-electron chi connectivity index (χ4n) is 3.01. The van der Waals surface area contributed by atoms with E-state index in [4.69, 9.17) is 16.3 Å². The molecule has 0 saturated heterocycles. The highest BCUT2D eigenvalue weighted by atomic mass is 35.5. The maximum Gasteiger partial charge on any atom is 0.152 e. The van der Waals surface area contributed by atoms with Crippen LogP contribution in [0.1, 0.15) is 11.1 Å². The fraction of sp³-hybridized carbons (Fsp3) is 0.136. The van der Waals surface area contributed by atoms with Gasteiger partial charge >= 0.3 is 0 Å². The number of ether oxygens (including phenoxy) is 1. The van der Waals surface area contributed by atoms with Crippen LogP contribution in [0.15, 0.2) is 89.2 Å². The highest BCUT2D eigenvalue weighted by Gasteiger charge is 2.25. The van der Waals surface area contributed by atoms with Crippen LogP contribution in [0.2, 0.25) is 0 Å².